The van der Waals surface area contributed by atoms with E-state index in [1.807, 2.05) is 43.4 Å². The van der Waals surface area contributed by atoms with Gasteiger partial charge in [-0.1, -0.05) is 23.7 Å². The van der Waals surface area contributed by atoms with Crippen LogP contribution >= 0.6 is 11.6 Å². The molecule has 2 N–H and O–H groups in total. The number of hydrogen-bond acceptors (Lipinski definition) is 5. The summed E-state index contributed by atoms with van der Waals surface area (Å²) in [5, 5.41) is 7.13. The molecule has 1 atom stereocenters. The molecule has 0 fully saturated rings. The fourth-order valence-corrected chi connectivity index (χ4v) is 3.04. The summed E-state index contributed by atoms with van der Waals surface area (Å²) >= 11 is 6.18. The Morgan fingerprint density at radius 1 is 1.13 bits per heavy atom. The average Bonchev–Trinajstić information content (AvgIpc) is 2.59. The molecule has 0 aliphatic carbocycles. The minimum atomic E-state index is -0.745. The molecular formula is C17H18ClN3O2. The molecule has 1 aliphatic rings. The fourth-order valence-electron chi connectivity index (χ4n) is 2.85. The topological polar surface area (TPSA) is 54.9 Å². The van der Waals surface area contributed by atoms with Gasteiger partial charge in [0.15, 0.2) is 17.2 Å². The third-order valence-electron chi connectivity index (χ3n) is 4.00. The summed E-state index contributed by atoms with van der Waals surface area (Å²) in [6, 6.07) is 11.5. The second kappa shape index (κ2) is 6.10. The lowest BCUT2D eigenvalue weighted by Gasteiger charge is -2.35. The van der Waals surface area contributed by atoms with Gasteiger partial charge < -0.3 is 14.8 Å². The number of aliphatic imine (C=N–C) groups is 1. The van der Waals surface area contributed by atoms with Crippen molar-refractivity contribution in [1.82, 2.24) is 5.32 Å². The zero-order chi connectivity index (χ0) is 16.4. The SMILES string of the molecule is CNC1(c2cccc(Cl)c2)N=CNc2cc(OC)c(OC)cc21. The van der Waals surface area contributed by atoms with Crippen molar-refractivity contribution in [3.8, 4) is 11.5 Å². The molecule has 5 nitrogen and oxygen atoms in total. The van der Waals surface area contributed by atoms with Crippen molar-refractivity contribution in [2.45, 2.75) is 5.66 Å². The maximum atomic E-state index is 6.18. The van der Waals surface area contributed by atoms with Gasteiger partial charge in [0.05, 0.1) is 26.2 Å². The zero-order valence-electron chi connectivity index (χ0n) is 13.2. The normalized spacial score (nSPS) is 19.0. The van der Waals surface area contributed by atoms with Crippen molar-refractivity contribution in [3.63, 3.8) is 0 Å². The van der Waals surface area contributed by atoms with Crippen molar-refractivity contribution in [2.75, 3.05) is 26.6 Å². The Kier molecular flexibility index (Phi) is 4.15. The highest BCUT2D eigenvalue weighted by atomic mass is 35.5. The van der Waals surface area contributed by atoms with Crippen LogP contribution in [-0.2, 0) is 5.66 Å². The number of nitrogens with one attached hydrogen (secondary N) is 2. The highest BCUT2D eigenvalue weighted by Crippen LogP contribution is 2.43. The molecule has 1 aliphatic heterocycles. The van der Waals surface area contributed by atoms with Crippen LogP contribution in [-0.4, -0.2) is 27.6 Å². The third-order valence-corrected chi connectivity index (χ3v) is 4.23. The van der Waals surface area contributed by atoms with Crippen LogP contribution in [0.15, 0.2) is 41.4 Å². The average molecular weight is 332 g/mol. The number of benzene rings is 2. The fraction of sp³-hybridized carbons (Fsp3) is 0.235. The van der Waals surface area contributed by atoms with E-state index in [0.717, 1.165) is 16.8 Å². The minimum absolute atomic E-state index is 0.645. The number of nitrogens with zero attached hydrogens (tertiary/aromatic N) is 1. The minimum Gasteiger partial charge on any atom is -0.493 e. The first-order chi connectivity index (χ1) is 11.1. The molecule has 0 aromatic heterocycles. The highest BCUT2D eigenvalue weighted by molar-refractivity contribution is 6.30. The molecule has 1 unspecified atom stereocenters. The van der Waals surface area contributed by atoms with Gasteiger partial charge in [-0.15, -0.1) is 0 Å². The molecule has 2 aromatic carbocycles. The van der Waals surface area contributed by atoms with E-state index in [1.54, 1.807) is 20.6 Å². The van der Waals surface area contributed by atoms with E-state index in [0.29, 0.717) is 16.5 Å². The molecule has 2 aromatic rings. The van der Waals surface area contributed by atoms with Crippen molar-refractivity contribution in [1.29, 1.82) is 0 Å². The Morgan fingerprint density at radius 3 is 2.52 bits per heavy atom. The van der Waals surface area contributed by atoms with Crippen molar-refractivity contribution >= 4 is 23.6 Å². The van der Waals surface area contributed by atoms with E-state index >= 15 is 0 Å². The Balaban J connectivity index is 2.25. The smallest absolute Gasteiger partial charge is 0.165 e. The predicted octanol–water partition coefficient (Wildman–Crippen LogP) is 3.23. The van der Waals surface area contributed by atoms with E-state index in [2.05, 4.69) is 15.6 Å². The quantitative estimate of drug-likeness (QED) is 0.903. The van der Waals surface area contributed by atoms with Gasteiger partial charge in [0, 0.05) is 22.2 Å². The van der Waals surface area contributed by atoms with Gasteiger partial charge in [0.1, 0.15) is 0 Å². The van der Waals surface area contributed by atoms with Crippen LogP contribution in [0.5, 0.6) is 11.5 Å². The molecular weight excluding hydrogens is 314 g/mol. The molecule has 120 valence electrons. The Bertz CT molecular complexity index is 763. The van der Waals surface area contributed by atoms with Gasteiger partial charge >= 0.3 is 0 Å². The summed E-state index contributed by atoms with van der Waals surface area (Å²) in [7, 11) is 5.09. The van der Waals surface area contributed by atoms with E-state index in [9.17, 15) is 0 Å². The monoisotopic (exact) mass is 331 g/mol. The van der Waals surface area contributed by atoms with E-state index in [-0.39, 0.29) is 0 Å². The molecule has 0 radical (unpaired) electrons. The zero-order valence-corrected chi connectivity index (χ0v) is 13.9. The molecule has 3 rings (SSSR count). The van der Waals surface area contributed by atoms with Crippen molar-refractivity contribution < 1.29 is 9.47 Å². The first kappa shape index (κ1) is 15.6. The van der Waals surface area contributed by atoms with Gasteiger partial charge in [0.2, 0.25) is 0 Å². The molecule has 0 bridgehead atoms. The third kappa shape index (κ3) is 2.52. The van der Waals surface area contributed by atoms with Gasteiger partial charge in [-0.2, -0.15) is 0 Å². The number of halogens is 1. The highest BCUT2D eigenvalue weighted by Gasteiger charge is 2.37. The first-order valence-corrected chi connectivity index (χ1v) is 7.54. The number of fused-ring (bicyclic) bond motifs is 1. The number of anilines is 1. The van der Waals surface area contributed by atoms with Gasteiger partial charge in [-0.25, -0.2) is 4.99 Å². The summed E-state index contributed by atoms with van der Waals surface area (Å²) < 4.78 is 10.8. The van der Waals surface area contributed by atoms with Gasteiger partial charge in [-0.05, 0) is 25.2 Å². The molecule has 23 heavy (non-hydrogen) atoms. The Morgan fingerprint density at radius 2 is 1.87 bits per heavy atom. The van der Waals surface area contributed by atoms with Crippen LogP contribution in [0.2, 0.25) is 5.02 Å². The predicted molar refractivity (Wildman–Crippen MR) is 93.0 cm³/mol. The molecule has 0 amide bonds. The summed E-state index contributed by atoms with van der Waals surface area (Å²) in [4.78, 5) is 4.66. The molecule has 1 heterocycles. The van der Waals surface area contributed by atoms with E-state index in [1.165, 1.54) is 0 Å². The molecule has 0 saturated heterocycles. The standard InChI is InChI=1S/C17H18ClN3O2/c1-19-17(11-5-4-6-12(18)7-11)13-8-15(22-2)16(23-3)9-14(13)20-10-21-17/h4-10,19H,1-3H3,(H,20,21). The van der Waals surface area contributed by atoms with Crippen LogP contribution in [0, 0.1) is 0 Å². The summed E-state index contributed by atoms with van der Waals surface area (Å²) in [6.45, 7) is 0. The van der Waals surface area contributed by atoms with Gasteiger partial charge in [-0.3, -0.25) is 5.32 Å². The Labute approximate surface area is 140 Å². The van der Waals surface area contributed by atoms with Crippen molar-refractivity contribution in [2.24, 2.45) is 4.99 Å². The molecule has 0 saturated carbocycles. The second-order valence-electron chi connectivity index (χ2n) is 5.13. The largest absolute Gasteiger partial charge is 0.493 e. The first-order valence-electron chi connectivity index (χ1n) is 7.16. The molecule has 6 heteroatoms. The summed E-state index contributed by atoms with van der Waals surface area (Å²) in [5.74, 6) is 1.30. The summed E-state index contributed by atoms with van der Waals surface area (Å²) in [5.41, 5.74) is 2.03. The van der Waals surface area contributed by atoms with Crippen LogP contribution < -0.4 is 20.1 Å². The van der Waals surface area contributed by atoms with Crippen molar-refractivity contribution in [3.05, 3.63) is 52.5 Å². The van der Waals surface area contributed by atoms with Crippen LogP contribution in [0.25, 0.3) is 0 Å². The van der Waals surface area contributed by atoms with Crippen LogP contribution in [0.3, 0.4) is 0 Å². The van der Waals surface area contributed by atoms with E-state index in [4.69, 9.17) is 21.1 Å². The van der Waals surface area contributed by atoms with Crippen LogP contribution in [0.1, 0.15) is 11.1 Å². The number of rotatable bonds is 4. The lowest BCUT2D eigenvalue weighted by molar-refractivity contribution is 0.352. The number of ether oxygens (including phenoxy) is 2. The lowest BCUT2D eigenvalue weighted by Crippen LogP contribution is -2.42. The van der Waals surface area contributed by atoms with Crippen LogP contribution in [0.4, 0.5) is 5.69 Å². The maximum Gasteiger partial charge on any atom is 0.165 e. The number of methoxy groups -OCH3 is 2. The van der Waals surface area contributed by atoms with E-state index < -0.39 is 5.66 Å². The molecule has 0 spiro atoms. The second-order valence-corrected chi connectivity index (χ2v) is 5.56. The summed E-state index contributed by atoms with van der Waals surface area (Å²) in [6.07, 6.45) is 1.67. The maximum absolute atomic E-state index is 6.18. The Hall–Kier alpha value is -2.24. The lowest BCUT2D eigenvalue weighted by atomic mass is 9.89. The van der Waals surface area contributed by atoms with Gasteiger partial charge in [0.25, 0.3) is 0 Å². The number of hydrogen-bond donors (Lipinski definition) is 2.